The van der Waals surface area contributed by atoms with Crippen LogP contribution in [0.5, 0.6) is 0 Å². The minimum atomic E-state index is -1.13. The number of hydrogen-bond acceptors (Lipinski definition) is 4. The fraction of sp³-hybridized carbons (Fsp3) is 0.188. The van der Waals surface area contributed by atoms with Gasteiger partial charge in [0.2, 0.25) is 0 Å². The van der Waals surface area contributed by atoms with Crippen molar-refractivity contribution in [1.29, 1.82) is 0 Å². The Hall–Kier alpha value is -2.89. The number of aromatic carboxylic acids is 1. The highest BCUT2D eigenvalue weighted by molar-refractivity contribution is 5.97. The number of nitrogens with zero attached hydrogens (tertiary/aromatic N) is 1. The Morgan fingerprint density at radius 1 is 1.23 bits per heavy atom. The fourth-order valence-electron chi connectivity index (χ4n) is 2.14. The van der Waals surface area contributed by atoms with E-state index >= 15 is 0 Å². The smallest absolute Gasteiger partial charge is 0.339 e. The van der Waals surface area contributed by atoms with Crippen molar-refractivity contribution in [3.63, 3.8) is 0 Å². The summed E-state index contributed by atoms with van der Waals surface area (Å²) in [6, 6.07) is 8.75. The van der Waals surface area contributed by atoms with Crippen molar-refractivity contribution in [2.45, 2.75) is 18.9 Å². The fourth-order valence-corrected chi connectivity index (χ4v) is 2.14. The number of carbonyl (C=O) groups excluding carboxylic acids is 1. The van der Waals surface area contributed by atoms with Gasteiger partial charge in [0.05, 0.1) is 0 Å². The van der Waals surface area contributed by atoms with Crippen LogP contribution in [0, 0.1) is 0 Å². The predicted molar refractivity (Wildman–Crippen MR) is 81.5 cm³/mol. The number of carboxylic acid groups (broad SMARTS) is 1. The van der Waals surface area contributed by atoms with Crippen molar-refractivity contribution in [3.05, 3.63) is 47.7 Å². The average Bonchev–Trinajstić information content (AvgIpc) is 3.31. The van der Waals surface area contributed by atoms with E-state index in [2.05, 4.69) is 10.3 Å². The SMILES string of the molecule is Nc1ncc(-c2cccc(C(=O)NC3CC3)c2)cc1C(=O)O. The average molecular weight is 297 g/mol. The lowest BCUT2D eigenvalue weighted by atomic mass is 10.0. The molecule has 0 unspecified atom stereocenters. The van der Waals surface area contributed by atoms with Crippen molar-refractivity contribution in [3.8, 4) is 11.1 Å². The highest BCUT2D eigenvalue weighted by atomic mass is 16.4. The number of hydrogen-bond donors (Lipinski definition) is 3. The summed E-state index contributed by atoms with van der Waals surface area (Å²) in [6.07, 6.45) is 3.55. The Bertz CT molecular complexity index is 754. The first-order chi connectivity index (χ1) is 10.5. The van der Waals surface area contributed by atoms with E-state index in [4.69, 9.17) is 10.8 Å². The number of rotatable bonds is 4. The van der Waals surface area contributed by atoms with Gasteiger partial charge < -0.3 is 16.2 Å². The molecule has 3 rings (SSSR count). The van der Waals surface area contributed by atoms with Crippen LogP contribution in [0.25, 0.3) is 11.1 Å². The molecule has 4 N–H and O–H groups in total. The lowest BCUT2D eigenvalue weighted by Crippen LogP contribution is -2.25. The van der Waals surface area contributed by atoms with Gasteiger partial charge >= 0.3 is 5.97 Å². The topological polar surface area (TPSA) is 105 Å². The van der Waals surface area contributed by atoms with Gasteiger partial charge in [-0.05, 0) is 36.6 Å². The summed E-state index contributed by atoms with van der Waals surface area (Å²) in [7, 11) is 0. The second kappa shape index (κ2) is 5.48. The first-order valence-electron chi connectivity index (χ1n) is 6.94. The minimum Gasteiger partial charge on any atom is -0.478 e. The highest BCUT2D eigenvalue weighted by Gasteiger charge is 2.23. The molecule has 1 aromatic heterocycles. The number of pyridine rings is 1. The van der Waals surface area contributed by atoms with Crippen LogP contribution in [0.1, 0.15) is 33.6 Å². The van der Waals surface area contributed by atoms with Gasteiger partial charge in [-0.15, -0.1) is 0 Å². The maximum Gasteiger partial charge on any atom is 0.339 e. The second-order valence-electron chi connectivity index (χ2n) is 5.29. The van der Waals surface area contributed by atoms with Crippen molar-refractivity contribution in [2.75, 3.05) is 5.73 Å². The lowest BCUT2D eigenvalue weighted by molar-refractivity contribution is 0.0697. The van der Waals surface area contributed by atoms with Gasteiger partial charge in [-0.2, -0.15) is 0 Å². The zero-order valence-corrected chi connectivity index (χ0v) is 11.7. The zero-order chi connectivity index (χ0) is 15.7. The monoisotopic (exact) mass is 297 g/mol. The first-order valence-corrected chi connectivity index (χ1v) is 6.94. The molecule has 2 aromatic rings. The number of benzene rings is 1. The van der Waals surface area contributed by atoms with Gasteiger partial charge in [-0.1, -0.05) is 12.1 Å². The van der Waals surface area contributed by atoms with Crippen molar-refractivity contribution < 1.29 is 14.7 Å². The number of nitrogen functional groups attached to an aromatic ring is 1. The number of nitrogens with two attached hydrogens (primary N) is 1. The summed E-state index contributed by atoms with van der Waals surface area (Å²) in [6.45, 7) is 0. The maximum absolute atomic E-state index is 12.1. The summed E-state index contributed by atoms with van der Waals surface area (Å²) >= 11 is 0. The molecule has 0 atom stereocenters. The Balaban J connectivity index is 1.93. The minimum absolute atomic E-state index is 0.0288. The maximum atomic E-state index is 12.1. The molecule has 112 valence electrons. The lowest BCUT2D eigenvalue weighted by Gasteiger charge is -2.08. The van der Waals surface area contributed by atoms with E-state index in [-0.39, 0.29) is 23.3 Å². The highest BCUT2D eigenvalue weighted by Crippen LogP contribution is 2.24. The molecular formula is C16H15N3O3. The number of carboxylic acids is 1. The van der Waals surface area contributed by atoms with Gasteiger partial charge in [0.1, 0.15) is 11.4 Å². The summed E-state index contributed by atoms with van der Waals surface area (Å²) < 4.78 is 0. The molecule has 1 fully saturated rings. The number of carbonyl (C=O) groups is 2. The third-order valence-electron chi connectivity index (χ3n) is 3.52. The summed E-state index contributed by atoms with van der Waals surface area (Å²) in [5.74, 6) is -1.28. The van der Waals surface area contributed by atoms with Gasteiger partial charge in [0, 0.05) is 23.4 Å². The van der Waals surface area contributed by atoms with Crippen molar-refractivity contribution in [2.24, 2.45) is 0 Å². The zero-order valence-electron chi connectivity index (χ0n) is 11.7. The number of nitrogens with one attached hydrogen (secondary N) is 1. The molecule has 1 aromatic carbocycles. The van der Waals surface area contributed by atoms with Gasteiger partial charge in [0.15, 0.2) is 0 Å². The van der Waals surface area contributed by atoms with E-state index in [0.29, 0.717) is 11.1 Å². The quantitative estimate of drug-likeness (QED) is 0.799. The van der Waals surface area contributed by atoms with Crippen LogP contribution in [0.3, 0.4) is 0 Å². The van der Waals surface area contributed by atoms with Crippen molar-refractivity contribution in [1.82, 2.24) is 10.3 Å². The molecule has 0 spiro atoms. The normalized spacial score (nSPS) is 13.6. The number of amides is 1. The number of anilines is 1. The molecule has 1 amide bonds. The van der Waals surface area contributed by atoms with E-state index < -0.39 is 5.97 Å². The van der Waals surface area contributed by atoms with Crippen LogP contribution in [-0.4, -0.2) is 28.0 Å². The summed E-state index contributed by atoms with van der Waals surface area (Å²) in [5, 5.41) is 12.0. The molecule has 0 aliphatic heterocycles. The van der Waals surface area contributed by atoms with E-state index in [0.717, 1.165) is 18.4 Å². The predicted octanol–water partition coefficient (Wildman–Crippen LogP) is 1.92. The molecule has 6 nitrogen and oxygen atoms in total. The van der Waals surface area contributed by atoms with E-state index in [1.54, 1.807) is 24.3 Å². The standard InChI is InChI=1S/C16H15N3O3/c17-14-13(16(21)22)7-11(8-18-14)9-2-1-3-10(6-9)15(20)19-12-4-5-12/h1-3,6-8,12H,4-5H2,(H2,17,18)(H,19,20)(H,21,22). The third kappa shape index (κ3) is 2.90. The molecule has 0 saturated heterocycles. The van der Waals surface area contributed by atoms with Crippen LogP contribution in [0.15, 0.2) is 36.5 Å². The van der Waals surface area contributed by atoms with Gasteiger partial charge in [-0.25, -0.2) is 9.78 Å². The Morgan fingerprint density at radius 3 is 2.68 bits per heavy atom. The third-order valence-corrected chi connectivity index (χ3v) is 3.52. The van der Waals surface area contributed by atoms with Gasteiger partial charge in [-0.3, -0.25) is 4.79 Å². The van der Waals surface area contributed by atoms with Crippen LogP contribution in [0.2, 0.25) is 0 Å². The molecule has 0 bridgehead atoms. The van der Waals surface area contributed by atoms with Crippen LogP contribution < -0.4 is 11.1 Å². The molecular weight excluding hydrogens is 282 g/mol. The molecule has 1 saturated carbocycles. The number of aromatic nitrogens is 1. The van der Waals surface area contributed by atoms with E-state index in [1.807, 2.05) is 0 Å². The van der Waals surface area contributed by atoms with Crippen molar-refractivity contribution >= 4 is 17.7 Å². The van der Waals surface area contributed by atoms with Gasteiger partial charge in [0.25, 0.3) is 5.91 Å². The largest absolute Gasteiger partial charge is 0.478 e. The Morgan fingerprint density at radius 2 is 2.00 bits per heavy atom. The van der Waals surface area contributed by atoms with Crippen LogP contribution in [-0.2, 0) is 0 Å². The Kier molecular flexibility index (Phi) is 3.50. The van der Waals surface area contributed by atoms with E-state index in [1.165, 1.54) is 12.3 Å². The first kappa shape index (κ1) is 14.1. The van der Waals surface area contributed by atoms with E-state index in [9.17, 15) is 9.59 Å². The molecule has 0 radical (unpaired) electrons. The Labute approximate surface area is 127 Å². The van der Waals surface area contributed by atoms with Crippen LogP contribution in [0.4, 0.5) is 5.82 Å². The molecule has 22 heavy (non-hydrogen) atoms. The van der Waals surface area contributed by atoms with Crippen LogP contribution >= 0.6 is 0 Å². The second-order valence-corrected chi connectivity index (χ2v) is 5.29. The summed E-state index contributed by atoms with van der Waals surface area (Å²) in [4.78, 5) is 27.1. The molecule has 1 aliphatic carbocycles. The molecule has 1 heterocycles. The molecule has 6 heteroatoms. The summed E-state index contributed by atoms with van der Waals surface area (Å²) in [5.41, 5.74) is 7.37. The molecule has 1 aliphatic rings.